The fourth-order valence-corrected chi connectivity index (χ4v) is 3.08. The third-order valence-electron chi connectivity index (χ3n) is 2.65. The first-order valence-electron chi connectivity index (χ1n) is 6.28. The summed E-state index contributed by atoms with van der Waals surface area (Å²) in [5, 5.41) is 4.04. The van der Waals surface area contributed by atoms with E-state index in [0.717, 1.165) is 4.90 Å². The quantitative estimate of drug-likeness (QED) is 0.612. The van der Waals surface area contributed by atoms with Gasteiger partial charge in [0.1, 0.15) is 0 Å². The van der Waals surface area contributed by atoms with Crippen LogP contribution < -0.4 is 11.1 Å². The van der Waals surface area contributed by atoms with Crippen molar-refractivity contribution in [1.82, 2.24) is 0 Å². The number of rotatable bonds is 5. The minimum absolute atomic E-state index is 0.0650. The van der Waals surface area contributed by atoms with Crippen LogP contribution in [0.25, 0.3) is 0 Å². The van der Waals surface area contributed by atoms with Gasteiger partial charge in [-0.05, 0) is 36.4 Å². The van der Waals surface area contributed by atoms with Crippen molar-refractivity contribution in [2.24, 2.45) is 0 Å². The van der Waals surface area contributed by atoms with E-state index in [-0.39, 0.29) is 5.91 Å². The van der Waals surface area contributed by atoms with Crippen LogP contribution in [-0.2, 0) is 4.79 Å². The van der Waals surface area contributed by atoms with Crippen LogP contribution in [-0.4, -0.2) is 11.7 Å². The summed E-state index contributed by atoms with van der Waals surface area (Å²) in [4.78, 5) is 12.7. The molecule has 3 N–H and O–H groups in total. The molecule has 0 spiro atoms. The fraction of sp³-hybridized carbons (Fsp3) is 0.133. The average Bonchev–Trinajstić information content (AvgIpc) is 2.42. The second kappa shape index (κ2) is 7.59. The van der Waals surface area contributed by atoms with Crippen LogP contribution in [0.5, 0.6) is 0 Å². The minimum Gasteiger partial charge on any atom is -0.399 e. The molecular formula is C15H14Cl2N2OS. The van der Waals surface area contributed by atoms with Gasteiger partial charge in [-0.15, -0.1) is 11.8 Å². The van der Waals surface area contributed by atoms with Crippen LogP contribution in [0.1, 0.15) is 6.42 Å². The summed E-state index contributed by atoms with van der Waals surface area (Å²) < 4.78 is 0. The molecule has 6 heteroatoms. The lowest BCUT2D eigenvalue weighted by atomic mass is 10.3. The largest absolute Gasteiger partial charge is 0.399 e. The Kier molecular flexibility index (Phi) is 5.79. The zero-order chi connectivity index (χ0) is 15.2. The maximum absolute atomic E-state index is 11.8. The molecule has 0 saturated carbocycles. The van der Waals surface area contributed by atoms with Crippen molar-refractivity contribution in [3.05, 3.63) is 52.5 Å². The predicted octanol–water partition coefficient (Wildman–Crippen LogP) is 4.70. The summed E-state index contributed by atoms with van der Waals surface area (Å²) in [5.41, 5.74) is 7.06. The molecule has 110 valence electrons. The van der Waals surface area contributed by atoms with Gasteiger partial charge in [0, 0.05) is 33.5 Å². The number of halogens is 2. The molecule has 0 unspecified atom stereocenters. The second-order valence-electron chi connectivity index (χ2n) is 4.35. The number of carbonyl (C=O) groups excluding carboxylic acids is 1. The van der Waals surface area contributed by atoms with Gasteiger partial charge in [0.15, 0.2) is 0 Å². The molecule has 0 radical (unpaired) electrons. The first kappa shape index (κ1) is 16.0. The summed E-state index contributed by atoms with van der Waals surface area (Å²) in [5.74, 6) is 0.556. The molecule has 21 heavy (non-hydrogen) atoms. The van der Waals surface area contributed by atoms with Gasteiger partial charge in [0.2, 0.25) is 5.91 Å². The monoisotopic (exact) mass is 340 g/mol. The smallest absolute Gasteiger partial charge is 0.225 e. The Balaban J connectivity index is 1.83. The van der Waals surface area contributed by atoms with Gasteiger partial charge in [0.25, 0.3) is 0 Å². The Morgan fingerprint density at radius 2 is 2.00 bits per heavy atom. The van der Waals surface area contributed by atoms with E-state index in [4.69, 9.17) is 28.9 Å². The molecule has 0 aromatic heterocycles. The summed E-state index contributed by atoms with van der Waals surface area (Å²) in [6.45, 7) is 0. The molecule has 0 heterocycles. The number of carbonyl (C=O) groups is 1. The van der Waals surface area contributed by atoms with Gasteiger partial charge in [-0.25, -0.2) is 0 Å². The van der Waals surface area contributed by atoms with Crippen LogP contribution in [0.2, 0.25) is 10.0 Å². The van der Waals surface area contributed by atoms with Crippen molar-refractivity contribution < 1.29 is 4.79 Å². The van der Waals surface area contributed by atoms with E-state index in [2.05, 4.69) is 5.32 Å². The number of hydrogen-bond donors (Lipinski definition) is 2. The molecule has 1 amide bonds. The highest BCUT2D eigenvalue weighted by atomic mass is 35.5. The van der Waals surface area contributed by atoms with Gasteiger partial charge in [0.05, 0.1) is 5.02 Å². The van der Waals surface area contributed by atoms with Crippen molar-refractivity contribution in [2.75, 3.05) is 16.8 Å². The van der Waals surface area contributed by atoms with E-state index in [1.807, 2.05) is 6.07 Å². The summed E-state index contributed by atoms with van der Waals surface area (Å²) in [7, 11) is 0. The van der Waals surface area contributed by atoms with E-state index in [1.165, 1.54) is 11.8 Å². The third-order valence-corrected chi connectivity index (χ3v) is 4.38. The number of hydrogen-bond acceptors (Lipinski definition) is 3. The highest BCUT2D eigenvalue weighted by Crippen LogP contribution is 2.29. The number of benzene rings is 2. The molecule has 0 aliphatic rings. The molecular weight excluding hydrogens is 327 g/mol. The zero-order valence-corrected chi connectivity index (χ0v) is 13.4. The topological polar surface area (TPSA) is 55.1 Å². The molecule has 2 aromatic rings. The second-order valence-corrected chi connectivity index (χ2v) is 6.33. The van der Waals surface area contributed by atoms with E-state index in [1.54, 1.807) is 36.4 Å². The van der Waals surface area contributed by atoms with Gasteiger partial charge in [-0.2, -0.15) is 0 Å². The molecule has 0 fully saturated rings. The number of thioether (sulfide) groups is 1. The molecule has 0 bridgehead atoms. The number of amides is 1. The van der Waals surface area contributed by atoms with Gasteiger partial charge < -0.3 is 11.1 Å². The Morgan fingerprint density at radius 1 is 1.19 bits per heavy atom. The van der Waals surface area contributed by atoms with Crippen LogP contribution in [0.4, 0.5) is 11.4 Å². The van der Waals surface area contributed by atoms with E-state index < -0.39 is 0 Å². The minimum atomic E-state index is -0.0650. The summed E-state index contributed by atoms with van der Waals surface area (Å²) in [6.07, 6.45) is 0.377. The lowest BCUT2D eigenvalue weighted by molar-refractivity contribution is -0.115. The van der Waals surface area contributed by atoms with E-state index >= 15 is 0 Å². The molecule has 2 aromatic carbocycles. The fourth-order valence-electron chi connectivity index (χ4n) is 1.67. The Bertz CT molecular complexity index is 649. The number of nitrogens with two attached hydrogens (primary N) is 1. The van der Waals surface area contributed by atoms with E-state index in [0.29, 0.717) is 33.6 Å². The Labute approximate surface area is 137 Å². The molecule has 0 saturated heterocycles. The number of nitrogens with one attached hydrogen (secondary N) is 1. The summed E-state index contributed by atoms with van der Waals surface area (Å²) in [6, 6.07) is 12.4. The Morgan fingerprint density at radius 3 is 2.76 bits per heavy atom. The highest BCUT2D eigenvalue weighted by molar-refractivity contribution is 7.99. The molecule has 0 aliphatic carbocycles. The van der Waals surface area contributed by atoms with Crippen LogP contribution >= 0.6 is 35.0 Å². The number of anilines is 2. The zero-order valence-electron chi connectivity index (χ0n) is 11.1. The average molecular weight is 341 g/mol. The first-order valence-corrected chi connectivity index (χ1v) is 8.02. The predicted molar refractivity (Wildman–Crippen MR) is 91.3 cm³/mol. The van der Waals surface area contributed by atoms with Gasteiger partial charge >= 0.3 is 0 Å². The molecule has 2 rings (SSSR count). The third kappa shape index (κ3) is 5.16. The van der Waals surface area contributed by atoms with Crippen LogP contribution in [0, 0.1) is 0 Å². The lowest BCUT2D eigenvalue weighted by Gasteiger charge is -2.07. The van der Waals surface area contributed by atoms with Gasteiger partial charge in [-0.3, -0.25) is 4.79 Å². The maximum atomic E-state index is 11.8. The first-order chi connectivity index (χ1) is 10.0. The lowest BCUT2D eigenvalue weighted by Crippen LogP contribution is -2.12. The van der Waals surface area contributed by atoms with Gasteiger partial charge in [-0.1, -0.05) is 29.3 Å². The van der Waals surface area contributed by atoms with Crippen LogP contribution in [0.15, 0.2) is 47.4 Å². The van der Waals surface area contributed by atoms with Crippen LogP contribution in [0.3, 0.4) is 0 Å². The summed E-state index contributed by atoms with van der Waals surface area (Å²) >= 11 is 13.4. The molecule has 0 atom stereocenters. The maximum Gasteiger partial charge on any atom is 0.225 e. The van der Waals surface area contributed by atoms with Crippen molar-refractivity contribution >= 4 is 52.2 Å². The standard InChI is InChI=1S/C15H14Cl2N2OS/c16-10-2-1-3-12(8-10)19-15(20)6-7-21-14-9-11(18)4-5-13(14)17/h1-5,8-9H,6-7,18H2,(H,19,20). The Hall–Kier alpha value is -1.36. The SMILES string of the molecule is Nc1ccc(Cl)c(SCCC(=O)Nc2cccc(Cl)c2)c1. The normalized spacial score (nSPS) is 10.4. The molecule has 0 aliphatic heterocycles. The number of nitrogen functional groups attached to an aromatic ring is 1. The van der Waals surface area contributed by atoms with Crippen molar-refractivity contribution in [3.63, 3.8) is 0 Å². The van der Waals surface area contributed by atoms with Crippen molar-refractivity contribution in [2.45, 2.75) is 11.3 Å². The van der Waals surface area contributed by atoms with Crippen molar-refractivity contribution in [1.29, 1.82) is 0 Å². The van der Waals surface area contributed by atoms with E-state index in [9.17, 15) is 4.79 Å². The van der Waals surface area contributed by atoms with Crippen molar-refractivity contribution in [3.8, 4) is 0 Å². The highest BCUT2D eigenvalue weighted by Gasteiger charge is 2.06. The molecule has 3 nitrogen and oxygen atoms in total.